The van der Waals surface area contributed by atoms with E-state index in [4.69, 9.17) is 4.74 Å². The van der Waals surface area contributed by atoms with Crippen molar-refractivity contribution in [3.63, 3.8) is 0 Å². The molecular weight excluding hydrogens is 376 g/mol. The maximum atomic E-state index is 11.9. The van der Waals surface area contributed by atoms with Crippen LogP contribution in [0.25, 0.3) is 10.4 Å². The lowest BCUT2D eigenvalue weighted by atomic mass is 10.2. The van der Waals surface area contributed by atoms with Crippen LogP contribution in [-0.4, -0.2) is 35.2 Å². The van der Waals surface area contributed by atoms with Gasteiger partial charge < -0.3 is 15.4 Å². The number of aromatic nitrogens is 2. The first-order valence-electron chi connectivity index (χ1n) is 8.82. The fraction of sp³-hybridized carbons (Fsp3) is 0.250. The van der Waals surface area contributed by atoms with Crippen molar-refractivity contribution < 1.29 is 14.3 Å². The van der Waals surface area contributed by atoms with Gasteiger partial charge in [0.2, 0.25) is 0 Å². The zero-order valence-corrected chi connectivity index (χ0v) is 16.6. The molecule has 7 nitrogen and oxygen atoms in total. The van der Waals surface area contributed by atoms with Gasteiger partial charge in [-0.3, -0.25) is 14.3 Å². The first kappa shape index (κ1) is 19.6. The number of nitrogens with zero attached hydrogens (tertiary/aromatic N) is 2. The minimum Gasteiger partial charge on any atom is -0.497 e. The standard InChI is InChI=1S/C20H22N4O3S/c1-24-13-15(12-23-24)18-8-7-17(28-18)9-10-21-19(25)20(26)22-11-14-3-5-16(27-2)6-4-14/h3-8,12-13H,9-11H2,1-2H3,(H,21,25)(H,22,26). The Balaban J connectivity index is 1.41. The molecule has 146 valence electrons. The number of methoxy groups -OCH3 is 1. The van der Waals surface area contributed by atoms with Crippen molar-refractivity contribution in [3.05, 3.63) is 59.2 Å². The second-order valence-corrected chi connectivity index (χ2v) is 7.37. The van der Waals surface area contributed by atoms with E-state index in [1.165, 1.54) is 0 Å². The van der Waals surface area contributed by atoms with Crippen molar-refractivity contribution >= 4 is 23.2 Å². The Hall–Kier alpha value is -3.13. The first-order chi connectivity index (χ1) is 13.5. The monoisotopic (exact) mass is 398 g/mol. The average Bonchev–Trinajstić information content (AvgIpc) is 3.35. The number of carbonyl (C=O) groups is 2. The molecule has 8 heteroatoms. The maximum Gasteiger partial charge on any atom is 0.309 e. The van der Waals surface area contributed by atoms with Crippen molar-refractivity contribution in [2.45, 2.75) is 13.0 Å². The maximum absolute atomic E-state index is 11.9. The zero-order valence-electron chi connectivity index (χ0n) is 15.8. The molecule has 0 unspecified atom stereocenters. The third kappa shape index (κ3) is 5.20. The highest BCUT2D eigenvalue weighted by molar-refractivity contribution is 7.15. The largest absolute Gasteiger partial charge is 0.497 e. The van der Waals surface area contributed by atoms with Crippen molar-refractivity contribution in [1.29, 1.82) is 0 Å². The summed E-state index contributed by atoms with van der Waals surface area (Å²) >= 11 is 1.65. The van der Waals surface area contributed by atoms with Crippen LogP contribution in [0.5, 0.6) is 5.75 Å². The van der Waals surface area contributed by atoms with Gasteiger partial charge in [-0.1, -0.05) is 12.1 Å². The topological polar surface area (TPSA) is 85.2 Å². The summed E-state index contributed by atoms with van der Waals surface area (Å²) in [6.45, 7) is 0.692. The molecule has 0 radical (unpaired) electrons. The van der Waals surface area contributed by atoms with Gasteiger partial charge in [-0.25, -0.2) is 0 Å². The number of nitrogens with one attached hydrogen (secondary N) is 2. The highest BCUT2D eigenvalue weighted by Gasteiger charge is 2.13. The van der Waals surface area contributed by atoms with E-state index in [-0.39, 0.29) is 6.54 Å². The van der Waals surface area contributed by atoms with E-state index < -0.39 is 11.8 Å². The van der Waals surface area contributed by atoms with Crippen molar-refractivity contribution in [1.82, 2.24) is 20.4 Å². The Morgan fingerprint density at radius 1 is 1.11 bits per heavy atom. The number of thiophene rings is 1. The summed E-state index contributed by atoms with van der Waals surface area (Å²) in [5.74, 6) is -0.524. The lowest BCUT2D eigenvalue weighted by Crippen LogP contribution is -2.40. The summed E-state index contributed by atoms with van der Waals surface area (Å²) in [5, 5.41) is 9.44. The van der Waals surface area contributed by atoms with Crippen LogP contribution in [-0.2, 0) is 29.6 Å². The SMILES string of the molecule is COc1ccc(CNC(=O)C(=O)NCCc2ccc(-c3cnn(C)c3)s2)cc1. The number of benzene rings is 1. The molecule has 0 aliphatic rings. The van der Waals surface area contributed by atoms with Crippen LogP contribution in [0.2, 0.25) is 0 Å². The van der Waals surface area contributed by atoms with Crippen molar-refractivity contribution in [2.24, 2.45) is 7.05 Å². The Morgan fingerprint density at radius 2 is 1.86 bits per heavy atom. The van der Waals surface area contributed by atoms with E-state index in [0.717, 1.165) is 26.6 Å². The summed E-state index contributed by atoms with van der Waals surface area (Å²) in [6.07, 6.45) is 4.46. The number of amides is 2. The highest BCUT2D eigenvalue weighted by atomic mass is 32.1. The molecule has 0 bridgehead atoms. The summed E-state index contributed by atoms with van der Waals surface area (Å²) in [5.41, 5.74) is 1.96. The predicted molar refractivity (Wildman–Crippen MR) is 108 cm³/mol. The summed E-state index contributed by atoms with van der Waals surface area (Å²) < 4.78 is 6.85. The lowest BCUT2D eigenvalue weighted by Gasteiger charge is -2.07. The normalized spacial score (nSPS) is 10.5. The van der Waals surface area contributed by atoms with E-state index in [0.29, 0.717) is 13.0 Å². The average molecular weight is 398 g/mol. The first-order valence-corrected chi connectivity index (χ1v) is 9.63. The lowest BCUT2D eigenvalue weighted by molar-refractivity contribution is -0.139. The second kappa shape index (κ2) is 9.18. The number of ether oxygens (including phenoxy) is 1. The molecule has 0 fully saturated rings. The molecule has 28 heavy (non-hydrogen) atoms. The van der Waals surface area contributed by atoms with E-state index >= 15 is 0 Å². The minimum atomic E-state index is -0.641. The molecule has 0 saturated carbocycles. The second-order valence-electron chi connectivity index (χ2n) is 6.21. The van der Waals surface area contributed by atoms with Gasteiger partial charge in [0.15, 0.2) is 0 Å². The fourth-order valence-electron chi connectivity index (χ4n) is 2.60. The van der Waals surface area contributed by atoms with Crippen molar-refractivity contribution in [3.8, 4) is 16.2 Å². The smallest absolute Gasteiger partial charge is 0.309 e. The van der Waals surface area contributed by atoms with E-state index in [1.807, 2.05) is 55.8 Å². The molecule has 2 amide bonds. The molecule has 0 spiro atoms. The summed E-state index contributed by atoms with van der Waals surface area (Å²) in [4.78, 5) is 26.1. The Bertz CT molecular complexity index is 947. The summed E-state index contributed by atoms with van der Waals surface area (Å²) in [6, 6.07) is 11.4. The Kier molecular flexibility index (Phi) is 6.44. The molecule has 2 heterocycles. The van der Waals surface area contributed by atoms with Crippen LogP contribution < -0.4 is 15.4 Å². The van der Waals surface area contributed by atoms with E-state index in [9.17, 15) is 9.59 Å². The number of hydrogen-bond acceptors (Lipinski definition) is 5. The highest BCUT2D eigenvalue weighted by Crippen LogP contribution is 2.27. The summed E-state index contributed by atoms with van der Waals surface area (Å²) in [7, 11) is 3.48. The number of rotatable bonds is 7. The Morgan fingerprint density at radius 3 is 2.54 bits per heavy atom. The van der Waals surface area contributed by atoms with Crippen LogP contribution in [0.1, 0.15) is 10.4 Å². The third-order valence-corrected chi connectivity index (χ3v) is 5.32. The van der Waals surface area contributed by atoms with Crippen LogP contribution >= 0.6 is 11.3 Å². The van der Waals surface area contributed by atoms with Crippen LogP contribution in [0.15, 0.2) is 48.8 Å². The molecule has 1 aromatic carbocycles. The van der Waals surface area contributed by atoms with Crippen LogP contribution in [0.4, 0.5) is 0 Å². The molecule has 2 N–H and O–H groups in total. The van der Waals surface area contributed by atoms with Crippen molar-refractivity contribution in [2.75, 3.05) is 13.7 Å². The van der Waals surface area contributed by atoms with E-state index in [2.05, 4.69) is 15.7 Å². The molecule has 0 aliphatic carbocycles. The van der Waals surface area contributed by atoms with E-state index in [1.54, 1.807) is 23.1 Å². The molecular formula is C20H22N4O3S. The molecule has 0 aliphatic heterocycles. The van der Waals surface area contributed by atoms with Gasteiger partial charge in [-0.15, -0.1) is 11.3 Å². The minimum absolute atomic E-state index is 0.287. The zero-order chi connectivity index (χ0) is 19.9. The molecule has 3 aromatic rings. The van der Waals surface area contributed by atoms with Gasteiger partial charge >= 0.3 is 11.8 Å². The van der Waals surface area contributed by atoms with Gasteiger partial charge in [0.05, 0.1) is 13.3 Å². The molecule has 0 atom stereocenters. The number of aryl methyl sites for hydroxylation is 1. The molecule has 0 saturated heterocycles. The predicted octanol–water partition coefficient (Wildman–Crippen LogP) is 2.13. The van der Waals surface area contributed by atoms with Gasteiger partial charge in [-0.2, -0.15) is 5.10 Å². The van der Waals surface area contributed by atoms with Gasteiger partial charge in [0, 0.05) is 41.7 Å². The van der Waals surface area contributed by atoms with Crippen LogP contribution in [0.3, 0.4) is 0 Å². The van der Waals surface area contributed by atoms with Crippen LogP contribution in [0, 0.1) is 0 Å². The number of hydrogen-bond donors (Lipinski definition) is 2. The number of carbonyl (C=O) groups excluding carboxylic acids is 2. The fourth-order valence-corrected chi connectivity index (χ4v) is 3.58. The molecule has 3 rings (SSSR count). The van der Waals surface area contributed by atoms with Gasteiger partial charge in [0.25, 0.3) is 0 Å². The third-order valence-electron chi connectivity index (χ3n) is 4.13. The quantitative estimate of drug-likeness (QED) is 0.597. The molecule has 2 aromatic heterocycles. The van der Waals surface area contributed by atoms with Gasteiger partial charge in [0.1, 0.15) is 5.75 Å². The Labute approximate surface area is 167 Å². The van der Waals surface area contributed by atoms with Gasteiger partial charge in [-0.05, 0) is 36.2 Å².